The van der Waals surface area contributed by atoms with Crippen molar-refractivity contribution in [2.75, 3.05) is 0 Å². The lowest BCUT2D eigenvalue weighted by molar-refractivity contribution is -0.153. The van der Waals surface area contributed by atoms with Crippen LogP contribution in [0, 0.1) is 6.92 Å². The second kappa shape index (κ2) is 3.09. The van der Waals surface area contributed by atoms with Crippen LogP contribution in [0.5, 0.6) is 0 Å². The molecule has 0 radical (unpaired) electrons. The Balaban J connectivity index is 3.10. The third-order valence-corrected chi connectivity index (χ3v) is 1.86. The van der Waals surface area contributed by atoms with Crippen molar-refractivity contribution >= 4 is 0 Å². The minimum atomic E-state index is -4.38. The van der Waals surface area contributed by atoms with Gasteiger partial charge in [0, 0.05) is 0 Å². The Morgan fingerprint density at radius 1 is 1.31 bits per heavy atom. The van der Waals surface area contributed by atoms with E-state index in [2.05, 4.69) is 4.42 Å². The van der Waals surface area contributed by atoms with E-state index in [1.54, 1.807) is 6.92 Å². The van der Waals surface area contributed by atoms with Gasteiger partial charge >= 0.3 is 6.18 Å². The summed E-state index contributed by atoms with van der Waals surface area (Å²) in [7, 11) is 0. The minimum Gasteiger partial charge on any atom is -0.457 e. The van der Waals surface area contributed by atoms with Crippen LogP contribution in [0.15, 0.2) is 10.5 Å². The van der Waals surface area contributed by atoms with Crippen molar-refractivity contribution < 1.29 is 17.6 Å². The Morgan fingerprint density at radius 2 is 1.85 bits per heavy atom. The summed E-state index contributed by atoms with van der Waals surface area (Å²) in [4.78, 5) is 0. The summed E-state index contributed by atoms with van der Waals surface area (Å²) < 4.78 is 41.1. The van der Waals surface area contributed by atoms with E-state index in [4.69, 9.17) is 0 Å². The summed E-state index contributed by atoms with van der Waals surface area (Å²) in [5.74, 6) is -0.504. The van der Waals surface area contributed by atoms with Crippen molar-refractivity contribution in [2.45, 2.75) is 32.9 Å². The third-order valence-electron chi connectivity index (χ3n) is 1.86. The zero-order valence-electron chi connectivity index (χ0n) is 7.70. The fourth-order valence-electron chi connectivity index (χ4n) is 1.21. The van der Waals surface area contributed by atoms with E-state index in [-0.39, 0.29) is 5.92 Å². The highest BCUT2D eigenvalue weighted by atomic mass is 19.4. The molecule has 0 aliphatic carbocycles. The molecule has 1 aromatic rings. The van der Waals surface area contributed by atoms with E-state index in [9.17, 15) is 13.2 Å². The fourth-order valence-corrected chi connectivity index (χ4v) is 1.21. The molecule has 1 nitrogen and oxygen atoms in total. The first kappa shape index (κ1) is 10.2. The Hall–Kier alpha value is -0.930. The summed E-state index contributed by atoms with van der Waals surface area (Å²) >= 11 is 0. The van der Waals surface area contributed by atoms with Crippen LogP contribution in [0.1, 0.15) is 36.8 Å². The highest BCUT2D eigenvalue weighted by molar-refractivity contribution is 5.25. The molecule has 0 spiro atoms. The smallest absolute Gasteiger partial charge is 0.449 e. The molecule has 0 bridgehead atoms. The van der Waals surface area contributed by atoms with Crippen molar-refractivity contribution in [3.63, 3.8) is 0 Å². The number of hydrogen-bond acceptors (Lipinski definition) is 1. The molecule has 74 valence electrons. The lowest BCUT2D eigenvalue weighted by Gasteiger charge is -1.99. The quantitative estimate of drug-likeness (QED) is 0.660. The monoisotopic (exact) mass is 192 g/mol. The van der Waals surface area contributed by atoms with Gasteiger partial charge in [-0.15, -0.1) is 0 Å². The van der Waals surface area contributed by atoms with E-state index in [1.165, 1.54) is 0 Å². The number of hydrogen-bond donors (Lipinski definition) is 0. The molecule has 0 unspecified atom stereocenters. The van der Waals surface area contributed by atoms with E-state index in [0.717, 1.165) is 6.07 Å². The molecule has 0 saturated carbocycles. The zero-order chi connectivity index (χ0) is 10.2. The normalized spacial score (nSPS) is 12.5. The van der Waals surface area contributed by atoms with Gasteiger partial charge < -0.3 is 4.42 Å². The fraction of sp³-hybridized carbons (Fsp3) is 0.556. The molecule has 0 aromatic carbocycles. The van der Waals surface area contributed by atoms with Crippen molar-refractivity contribution in [3.8, 4) is 0 Å². The number of aryl methyl sites for hydroxylation is 1. The number of alkyl halides is 3. The van der Waals surface area contributed by atoms with Gasteiger partial charge in [0.1, 0.15) is 5.76 Å². The summed E-state index contributed by atoms with van der Waals surface area (Å²) in [6, 6.07) is 1.07. The maximum absolute atomic E-state index is 12.2. The van der Waals surface area contributed by atoms with Crippen LogP contribution in [0.2, 0.25) is 0 Å². The molecular weight excluding hydrogens is 181 g/mol. The third kappa shape index (κ3) is 2.05. The van der Waals surface area contributed by atoms with Crippen LogP contribution in [-0.2, 0) is 6.18 Å². The summed E-state index contributed by atoms with van der Waals surface area (Å²) in [6.45, 7) is 5.21. The van der Waals surface area contributed by atoms with Crippen molar-refractivity contribution in [1.82, 2.24) is 0 Å². The molecule has 1 rings (SSSR count). The first-order chi connectivity index (χ1) is 5.82. The zero-order valence-corrected chi connectivity index (χ0v) is 7.70. The second-order valence-electron chi connectivity index (χ2n) is 3.27. The lowest BCUT2D eigenvalue weighted by atomic mass is 10.0. The van der Waals surface area contributed by atoms with E-state index in [0.29, 0.717) is 11.3 Å². The molecule has 13 heavy (non-hydrogen) atoms. The van der Waals surface area contributed by atoms with E-state index < -0.39 is 11.9 Å². The molecule has 0 saturated heterocycles. The maximum atomic E-state index is 12.2. The number of halogens is 3. The Bertz CT molecular complexity index is 296. The second-order valence-corrected chi connectivity index (χ2v) is 3.27. The van der Waals surface area contributed by atoms with Crippen LogP contribution in [0.4, 0.5) is 13.2 Å². The summed E-state index contributed by atoms with van der Waals surface area (Å²) in [6.07, 6.45) is -4.38. The van der Waals surface area contributed by atoms with Crippen LogP contribution in [0.3, 0.4) is 0 Å². The molecular formula is C9H11F3O. The molecule has 0 atom stereocenters. The SMILES string of the molecule is Cc1oc(C(F)(F)F)cc1C(C)C. The Morgan fingerprint density at radius 3 is 2.08 bits per heavy atom. The maximum Gasteiger partial charge on any atom is 0.449 e. The topological polar surface area (TPSA) is 13.1 Å². The summed E-state index contributed by atoms with van der Waals surface area (Å²) in [5.41, 5.74) is 0.618. The van der Waals surface area contributed by atoms with Gasteiger partial charge in [0.25, 0.3) is 0 Å². The first-order valence-electron chi connectivity index (χ1n) is 4.00. The lowest BCUT2D eigenvalue weighted by Crippen LogP contribution is -2.02. The first-order valence-corrected chi connectivity index (χ1v) is 4.00. The molecule has 0 aliphatic rings. The molecule has 1 heterocycles. The van der Waals surface area contributed by atoms with Gasteiger partial charge in [-0.2, -0.15) is 13.2 Å². The molecule has 4 heteroatoms. The van der Waals surface area contributed by atoms with Gasteiger partial charge in [-0.3, -0.25) is 0 Å². The van der Waals surface area contributed by atoms with Crippen LogP contribution >= 0.6 is 0 Å². The van der Waals surface area contributed by atoms with Crippen LogP contribution < -0.4 is 0 Å². The predicted octanol–water partition coefficient (Wildman–Crippen LogP) is 3.73. The largest absolute Gasteiger partial charge is 0.457 e. The molecule has 0 fully saturated rings. The molecule has 1 aromatic heterocycles. The average molecular weight is 192 g/mol. The van der Waals surface area contributed by atoms with E-state index >= 15 is 0 Å². The van der Waals surface area contributed by atoms with Crippen molar-refractivity contribution in [2.24, 2.45) is 0 Å². The Labute approximate surface area is 74.5 Å². The average Bonchev–Trinajstić information content (AvgIpc) is 2.29. The van der Waals surface area contributed by atoms with Crippen LogP contribution in [-0.4, -0.2) is 0 Å². The van der Waals surface area contributed by atoms with E-state index in [1.807, 2.05) is 13.8 Å². The van der Waals surface area contributed by atoms with Crippen molar-refractivity contribution in [3.05, 3.63) is 23.2 Å². The summed E-state index contributed by atoms with van der Waals surface area (Å²) in [5, 5.41) is 0. The molecule has 0 aliphatic heterocycles. The van der Waals surface area contributed by atoms with Gasteiger partial charge in [-0.25, -0.2) is 0 Å². The molecule has 0 amide bonds. The van der Waals surface area contributed by atoms with Gasteiger partial charge in [0.15, 0.2) is 0 Å². The standard InChI is InChI=1S/C9H11F3O/c1-5(2)7-4-8(9(10,11)12)13-6(7)3/h4-5H,1-3H3. The van der Waals surface area contributed by atoms with Crippen molar-refractivity contribution in [1.29, 1.82) is 0 Å². The number of rotatable bonds is 1. The van der Waals surface area contributed by atoms with Gasteiger partial charge in [-0.1, -0.05) is 13.8 Å². The highest BCUT2D eigenvalue weighted by Gasteiger charge is 2.35. The Kier molecular flexibility index (Phi) is 2.41. The van der Waals surface area contributed by atoms with Gasteiger partial charge in [0.2, 0.25) is 5.76 Å². The van der Waals surface area contributed by atoms with Gasteiger partial charge in [-0.05, 0) is 24.5 Å². The minimum absolute atomic E-state index is 0.0554. The number of furan rings is 1. The van der Waals surface area contributed by atoms with Gasteiger partial charge in [0.05, 0.1) is 0 Å². The molecule has 0 N–H and O–H groups in total. The van der Waals surface area contributed by atoms with Crippen LogP contribution in [0.25, 0.3) is 0 Å². The highest BCUT2D eigenvalue weighted by Crippen LogP contribution is 2.34. The predicted molar refractivity (Wildman–Crippen MR) is 42.5 cm³/mol.